The largest absolute Gasteiger partial charge is 0.390 e. The molecule has 114 valence electrons. The molecule has 3 N–H and O–H groups in total. The molecular formula is C12H17N5O3S. The van der Waals surface area contributed by atoms with Crippen LogP contribution in [-0.4, -0.2) is 39.8 Å². The van der Waals surface area contributed by atoms with Crippen LogP contribution in [0.1, 0.15) is 30.4 Å². The van der Waals surface area contributed by atoms with Crippen molar-refractivity contribution < 1.29 is 13.5 Å². The van der Waals surface area contributed by atoms with E-state index in [0.29, 0.717) is 24.0 Å². The lowest BCUT2D eigenvalue weighted by Crippen LogP contribution is -2.26. The van der Waals surface area contributed by atoms with Crippen LogP contribution < -0.4 is 4.72 Å². The number of nitrogens with zero attached hydrogens (tertiary/aromatic N) is 3. The first-order valence-electron chi connectivity index (χ1n) is 6.75. The van der Waals surface area contributed by atoms with Crippen molar-refractivity contribution in [1.82, 2.24) is 24.5 Å². The molecule has 3 rings (SSSR count). The van der Waals surface area contributed by atoms with Crippen LogP contribution in [0.3, 0.4) is 0 Å². The molecule has 0 unspecified atom stereocenters. The Balaban J connectivity index is 1.69. The summed E-state index contributed by atoms with van der Waals surface area (Å²) >= 11 is 0. The van der Waals surface area contributed by atoms with Crippen molar-refractivity contribution in [2.24, 2.45) is 0 Å². The van der Waals surface area contributed by atoms with Crippen molar-refractivity contribution >= 4 is 10.0 Å². The van der Waals surface area contributed by atoms with Gasteiger partial charge in [-0.05, 0) is 18.9 Å². The van der Waals surface area contributed by atoms with Gasteiger partial charge in [-0.15, -0.1) is 0 Å². The van der Waals surface area contributed by atoms with E-state index in [4.69, 9.17) is 0 Å². The Bertz CT molecular complexity index is 703. The van der Waals surface area contributed by atoms with E-state index in [9.17, 15) is 13.5 Å². The van der Waals surface area contributed by atoms with Gasteiger partial charge in [0.05, 0.1) is 11.5 Å². The second-order valence-corrected chi connectivity index (χ2v) is 6.81. The van der Waals surface area contributed by atoms with E-state index in [-0.39, 0.29) is 18.0 Å². The maximum absolute atomic E-state index is 12.2. The number of aliphatic hydroxyl groups is 1. The summed E-state index contributed by atoms with van der Waals surface area (Å²) in [5, 5.41) is 15.7. The van der Waals surface area contributed by atoms with Gasteiger partial charge in [0, 0.05) is 30.9 Å². The van der Waals surface area contributed by atoms with E-state index in [2.05, 4.69) is 19.9 Å². The van der Waals surface area contributed by atoms with Crippen LogP contribution in [0.15, 0.2) is 23.5 Å². The van der Waals surface area contributed by atoms with Crippen molar-refractivity contribution in [2.75, 3.05) is 6.54 Å². The predicted molar refractivity (Wildman–Crippen MR) is 73.9 cm³/mol. The normalized spacial score (nSPS) is 15.5. The second-order valence-electron chi connectivity index (χ2n) is 5.04. The van der Waals surface area contributed by atoms with Gasteiger partial charge in [0.2, 0.25) is 10.0 Å². The van der Waals surface area contributed by atoms with Crippen LogP contribution in [0.25, 0.3) is 0 Å². The molecule has 2 aromatic heterocycles. The SMILES string of the molecule is O=S(=O)(NCCc1ncn[nH]1)c1cc(CO)n(C2CC2)c1. The highest BCUT2D eigenvalue weighted by molar-refractivity contribution is 7.89. The highest BCUT2D eigenvalue weighted by Crippen LogP contribution is 2.37. The van der Waals surface area contributed by atoms with E-state index in [1.54, 1.807) is 6.20 Å². The average molecular weight is 311 g/mol. The van der Waals surface area contributed by atoms with Crippen LogP contribution in [0.4, 0.5) is 0 Å². The van der Waals surface area contributed by atoms with E-state index in [1.165, 1.54) is 12.4 Å². The molecule has 0 amide bonds. The zero-order valence-electron chi connectivity index (χ0n) is 11.4. The summed E-state index contributed by atoms with van der Waals surface area (Å²) in [5.74, 6) is 0.629. The van der Waals surface area contributed by atoms with Gasteiger partial charge >= 0.3 is 0 Å². The molecule has 0 bridgehead atoms. The standard InChI is InChI=1S/C12H17N5O3S/c18-7-10-5-11(6-17(10)9-1-2-9)21(19,20)15-4-3-12-13-8-14-16-12/h5-6,8-9,15,18H,1-4,7H2,(H,13,14,16). The van der Waals surface area contributed by atoms with Crippen molar-refractivity contribution in [3.05, 3.63) is 30.1 Å². The van der Waals surface area contributed by atoms with Gasteiger partial charge in [0.25, 0.3) is 0 Å². The molecule has 1 saturated carbocycles. The van der Waals surface area contributed by atoms with Gasteiger partial charge in [-0.3, -0.25) is 5.10 Å². The Labute approximate surface area is 122 Å². The van der Waals surface area contributed by atoms with Gasteiger partial charge in [-0.2, -0.15) is 5.10 Å². The van der Waals surface area contributed by atoms with E-state index in [1.807, 2.05) is 4.57 Å². The molecule has 0 atom stereocenters. The van der Waals surface area contributed by atoms with Gasteiger partial charge in [0.15, 0.2) is 0 Å². The molecule has 2 aromatic rings. The Morgan fingerprint density at radius 1 is 1.48 bits per heavy atom. The second kappa shape index (κ2) is 5.58. The van der Waals surface area contributed by atoms with Crippen LogP contribution in [-0.2, 0) is 23.1 Å². The topological polar surface area (TPSA) is 113 Å². The highest BCUT2D eigenvalue weighted by Gasteiger charge is 2.27. The molecule has 1 aliphatic rings. The van der Waals surface area contributed by atoms with Crippen LogP contribution in [0, 0.1) is 0 Å². The molecule has 2 heterocycles. The van der Waals surface area contributed by atoms with Crippen LogP contribution in [0.2, 0.25) is 0 Å². The highest BCUT2D eigenvalue weighted by atomic mass is 32.2. The zero-order chi connectivity index (χ0) is 14.9. The average Bonchev–Trinajstić information content (AvgIpc) is 3.00. The number of nitrogens with one attached hydrogen (secondary N) is 2. The summed E-state index contributed by atoms with van der Waals surface area (Å²) in [6.07, 6.45) is 5.47. The monoisotopic (exact) mass is 311 g/mol. The summed E-state index contributed by atoms with van der Waals surface area (Å²) in [7, 11) is -3.58. The minimum absolute atomic E-state index is 0.163. The lowest BCUT2D eigenvalue weighted by Gasteiger charge is -2.04. The molecule has 8 nitrogen and oxygen atoms in total. The smallest absolute Gasteiger partial charge is 0.242 e. The Kier molecular flexibility index (Phi) is 3.79. The number of aliphatic hydroxyl groups excluding tert-OH is 1. The fourth-order valence-corrected chi connectivity index (χ4v) is 3.28. The quantitative estimate of drug-likeness (QED) is 0.664. The van der Waals surface area contributed by atoms with Gasteiger partial charge in [-0.1, -0.05) is 0 Å². The first-order chi connectivity index (χ1) is 10.1. The molecule has 0 aliphatic heterocycles. The number of H-pyrrole nitrogens is 1. The number of sulfonamides is 1. The summed E-state index contributed by atoms with van der Waals surface area (Å²) < 4.78 is 28.8. The third-order valence-electron chi connectivity index (χ3n) is 3.44. The maximum atomic E-state index is 12.2. The summed E-state index contributed by atoms with van der Waals surface area (Å²) in [6.45, 7) is 0.0741. The van der Waals surface area contributed by atoms with Crippen LogP contribution in [0.5, 0.6) is 0 Å². The van der Waals surface area contributed by atoms with Gasteiger partial charge in [-0.25, -0.2) is 18.1 Å². The lowest BCUT2D eigenvalue weighted by atomic mass is 10.4. The molecule has 0 radical (unpaired) electrons. The van der Waals surface area contributed by atoms with E-state index in [0.717, 1.165) is 12.8 Å². The molecule has 9 heteroatoms. The first kappa shape index (κ1) is 14.2. The van der Waals surface area contributed by atoms with E-state index < -0.39 is 10.0 Å². The Morgan fingerprint density at radius 3 is 2.90 bits per heavy atom. The number of hydrogen-bond acceptors (Lipinski definition) is 5. The van der Waals surface area contributed by atoms with Crippen molar-refractivity contribution in [2.45, 2.75) is 36.8 Å². The third-order valence-corrected chi connectivity index (χ3v) is 4.87. The number of hydrogen-bond donors (Lipinski definition) is 3. The summed E-state index contributed by atoms with van der Waals surface area (Å²) in [4.78, 5) is 4.12. The minimum Gasteiger partial charge on any atom is -0.390 e. The number of aromatic amines is 1. The Hall–Kier alpha value is -1.71. The van der Waals surface area contributed by atoms with Crippen molar-refractivity contribution in [3.8, 4) is 0 Å². The molecule has 1 fully saturated rings. The molecule has 21 heavy (non-hydrogen) atoms. The molecule has 1 aliphatic carbocycles. The molecule has 0 spiro atoms. The fourth-order valence-electron chi connectivity index (χ4n) is 2.20. The van der Waals surface area contributed by atoms with E-state index >= 15 is 0 Å². The zero-order valence-corrected chi connectivity index (χ0v) is 12.2. The third kappa shape index (κ3) is 3.14. The Morgan fingerprint density at radius 2 is 2.29 bits per heavy atom. The van der Waals surface area contributed by atoms with Crippen molar-refractivity contribution in [3.63, 3.8) is 0 Å². The fraction of sp³-hybridized carbons (Fsp3) is 0.500. The molecular weight excluding hydrogens is 294 g/mol. The first-order valence-corrected chi connectivity index (χ1v) is 8.24. The van der Waals surface area contributed by atoms with Crippen LogP contribution >= 0.6 is 0 Å². The van der Waals surface area contributed by atoms with Gasteiger partial charge in [0.1, 0.15) is 12.2 Å². The minimum atomic E-state index is -3.58. The van der Waals surface area contributed by atoms with Gasteiger partial charge < -0.3 is 9.67 Å². The lowest BCUT2D eigenvalue weighted by molar-refractivity contribution is 0.270. The molecule has 0 aromatic carbocycles. The molecule has 0 saturated heterocycles. The summed E-state index contributed by atoms with van der Waals surface area (Å²) in [5.41, 5.74) is 0.633. The number of rotatable bonds is 7. The predicted octanol–water partition coefficient (Wildman–Crippen LogP) is -0.0456. The number of aromatic nitrogens is 4. The van der Waals surface area contributed by atoms with Crippen molar-refractivity contribution in [1.29, 1.82) is 0 Å². The summed E-state index contributed by atoms with van der Waals surface area (Å²) in [6, 6.07) is 1.85. The maximum Gasteiger partial charge on any atom is 0.242 e.